The number of fused-ring (bicyclic) bond motifs is 1. The van der Waals surface area contributed by atoms with Gasteiger partial charge in [-0.25, -0.2) is 0 Å². The van der Waals surface area contributed by atoms with Crippen LogP contribution in [-0.2, 0) is 13.0 Å². The van der Waals surface area contributed by atoms with Crippen LogP contribution in [0.15, 0.2) is 17.1 Å². The maximum absolute atomic E-state index is 5.42. The highest BCUT2D eigenvalue weighted by Gasteiger charge is 2.19. The molecule has 3 rings (SSSR count). The molecule has 0 atom stereocenters. The van der Waals surface area contributed by atoms with Crippen molar-refractivity contribution in [2.75, 3.05) is 46.9 Å². The van der Waals surface area contributed by atoms with Crippen molar-refractivity contribution < 1.29 is 9.47 Å². The second kappa shape index (κ2) is 9.31. The quantitative estimate of drug-likeness (QED) is 0.674. The van der Waals surface area contributed by atoms with Gasteiger partial charge in [0, 0.05) is 39.3 Å². The van der Waals surface area contributed by atoms with Crippen LogP contribution in [0.4, 0.5) is 0 Å². The predicted octanol–water partition coefficient (Wildman–Crippen LogP) is 1.62. The van der Waals surface area contributed by atoms with Crippen molar-refractivity contribution >= 4 is 29.9 Å². The first-order chi connectivity index (χ1) is 11.3. The summed E-state index contributed by atoms with van der Waals surface area (Å²) < 4.78 is 10.8. The Morgan fingerprint density at radius 3 is 2.62 bits per heavy atom. The number of rotatable bonds is 5. The highest BCUT2D eigenvalue weighted by molar-refractivity contribution is 14.0. The van der Waals surface area contributed by atoms with Crippen molar-refractivity contribution in [2.45, 2.75) is 19.4 Å². The standard InChI is InChI=1S/C17H26N4O2.HI/c1-22-15-10-13-4-8-21(12-14(13)11-16(15)23-2)9-7-20-17-18-5-3-6-19-17;/h10-11H,3-9,12H2,1-2H3,(H2,18,19,20);1H. The molecule has 2 aliphatic heterocycles. The Kier molecular flexibility index (Phi) is 7.41. The Labute approximate surface area is 161 Å². The lowest BCUT2D eigenvalue weighted by atomic mass is 9.99. The molecule has 0 spiro atoms. The molecule has 0 amide bonds. The Bertz CT molecular complexity index is 580. The van der Waals surface area contributed by atoms with Crippen LogP contribution in [0.1, 0.15) is 17.5 Å². The van der Waals surface area contributed by atoms with Gasteiger partial charge < -0.3 is 20.1 Å². The Balaban J connectivity index is 0.00000208. The highest BCUT2D eigenvalue weighted by Crippen LogP contribution is 2.33. The molecular formula is C17H27IN4O2. The van der Waals surface area contributed by atoms with Crippen LogP contribution < -0.4 is 20.1 Å². The summed E-state index contributed by atoms with van der Waals surface area (Å²) >= 11 is 0. The topological polar surface area (TPSA) is 58.1 Å². The van der Waals surface area contributed by atoms with Gasteiger partial charge >= 0.3 is 0 Å². The molecule has 2 aliphatic rings. The van der Waals surface area contributed by atoms with Crippen LogP contribution in [0.2, 0.25) is 0 Å². The molecule has 6 nitrogen and oxygen atoms in total. The van der Waals surface area contributed by atoms with Gasteiger partial charge in [-0.2, -0.15) is 0 Å². The van der Waals surface area contributed by atoms with E-state index in [0.717, 1.165) is 69.6 Å². The molecule has 1 aromatic rings. The van der Waals surface area contributed by atoms with Crippen molar-refractivity contribution in [3.63, 3.8) is 0 Å². The summed E-state index contributed by atoms with van der Waals surface area (Å²) in [6.45, 7) is 5.89. The first-order valence-corrected chi connectivity index (χ1v) is 8.28. The lowest BCUT2D eigenvalue weighted by Crippen LogP contribution is -2.44. The molecule has 134 valence electrons. The zero-order valence-electron chi connectivity index (χ0n) is 14.4. The van der Waals surface area contributed by atoms with Gasteiger partial charge in [0.25, 0.3) is 0 Å². The Morgan fingerprint density at radius 2 is 1.96 bits per heavy atom. The Morgan fingerprint density at radius 1 is 1.21 bits per heavy atom. The molecule has 7 heteroatoms. The molecule has 0 bridgehead atoms. The van der Waals surface area contributed by atoms with Crippen molar-refractivity contribution in [2.24, 2.45) is 4.99 Å². The monoisotopic (exact) mass is 446 g/mol. The number of nitrogens with one attached hydrogen (secondary N) is 2. The molecule has 0 radical (unpaired) electrons. The number of ether oxygens (including phenoxy) is 2. The van der Waals surface area contributed by atoms with Crippen LogP contribution >= 0.6 is 24.0 Å². The van der Waals surface area contributed by atoms with Crippen molar-refractivity contribution in [1.29, 1.82) is 0 Å². The van der Waals surface area contributed by atoms with E-state index in [4.69, 9.17) is 9.47 Å². The van der Waals surface area contributed by atoms with Gasteiger partial charge in [0.1, 0.15) is 0 Å². The van der Waals surface area contributed by atoms with E-state index in [0.29, 0.717) is 0 Å². The molecule has 0 aromatic heterocycles. The molecule has 0 saturated heterocycles. The van der Waals surface area contributed by atoms with Gasteiger partial charge in [-0.3, -0.25) is 9.89 Å². The van der Waals surface area contributed by atoms with Gasteiger partial charge in [0.2, 0.25) is 0 Å². The smallest absolute Gasteiger partial charge is 0.191 e. The van der Waals surface area contributed by atoms with Crippen LogP contribution in [0.5, 0.6) is 11.5 Å². The molecule has 2 heterocycles. The van der Waals surface area contributed by atoms with Crippen LogP contribution in [-0.4, -0.2) is 57.8 Å². The summed E-state index contributed by atoms with van der Waals surface area (Å²) in [5.41, 5.74) is 2.70. The van der Waals surface area contributed by atoms with Gasteiger partial charge in [0.05, 0.1) is 14.2 Å². The van der Waals surface area contributed by atoms with E-state index in [9.17, 15) is 0 Å². The fourth-order valence-electron chi connectivity index (χ4n) is 3.12. The number of guanidine groups is 1. The molecule has 0 aliphatic carbocycles. The minimum Gasteiger partial charge on any atom is -0.493 e. The van der Waals surface area contributed by atoms with Gasteiger partial charge in [0.15, 0.2) is 17.5 Å². The van der Waals surface area contributed by atoms with E-state index in [2.05, 4.69) is 32.7 Å². The summed E-state index contributed by atoms with van der Waals surface area (Å²) in [6.07, 6.45) is 2.17. The fraction of sp³-hybridized carbons (Fsp3) is 0.588. The summed E-state index contributed by atoms with van der Waals surface area (Å²) in [4.78, 5) is 6.90. The predicted molar refractivity (Wildman–Crippen MR) is 107 cm³/mol. The maximum Gasteiger partial charge on any atom is 0.191 e. The molecule has 0 saturated carbocycles. The number of nitrogens with zero attached hydrogens (tertiary/aromatic N) is 2. The van der Waals surface area contributed by atoms with E-state index in [1.54, 1.807) is 14.2 Å². The molecule has 2 N–H and O–H groups in total. The number of benzene rings is 1. The first kappa shape index (κ1) is 19.1. The third kappa shape index (κ3) is 4.66. The second-order valence-electron chi connectivity index (χ2n) is 5.94. The van der Waals surface area contributed by atoms with E-state index in [1.807, 2.05) is 0 Å². The van der Waals surface area contributed by atoms with E-state index < -0.39 is 0 Å². The molecule has 1 aromatic carbocycles. The van der Waals surface area contributed by atoms with Crippen molar-refractivity contribution in [1.82, 2.24) is 15.5 Å². The second-order valence-corrected chi connectivity index (χ2v) is 5.94. The first-order valence-electron chi connectivity index (χ1n) is 8.28. The average Bonchev–Trinajstić information content (AvgIpc) is 2.61. The lowest BCUT2D eigenvalue weighted by molar-refractivity contribution is 0.256. The van der Waals surface area contributed by atoms with E-state index in [1.165, 1.54) is 11.1 Å². The third-order valence-electron chi connectivity index (χ3n) is 4.41. The SMILES string of the molecule is COc1cc2c(cc1OC)CN(CCNC1=NCCCN1)CC2.I. The van der Waals surface area contributed by atoms with Crippen molar-refractivity contribution in [3.05, 3.63) is 23.3 Å². The molecule has 24 heavy (non-hydrogen) atoms. The molecule has 0 unspecified atom stereocenters. The minimum absolute atomic E-state index is 0. The van der Waals surface area contributed by atoms with Gasteiger partial charge in [-0.05, 0) is 36.1 Å². The summed E-state index contributed by atoms with van der Waals surface area (Å²) in [6, 6.07) is 4.23. The number of halogens is 1. The zero-order chi connectivity index (χ0) is 16.1. The number of hydrogen-bond donors (Lipinski definition) is 2. The summed E-state index contributed by atoms with van der Waals surface area (Å²) in [5, 5.41) is 6.68. The highest BCUT2D eigenvalue weighted by atomic mass is 127. The number of aliphatic imine (C=N–C) groups is 1. The lowest BCUT2D eigenvalue weighted by Gasteiger charge is -2.29. The fourth-order valence-corrected chi connectivity index (χ4v) is 3.12. The normalized spacial score (nSPS) is 17.0. The van der Waals surface area contributed by atoms with Crippen LogP contribution in [0.3, 0.4) is 0 Å². The van der Waals surface area contributed by atoms with Crippen molar-refractivity contribution in [3.8, 4) is 11.5 Å². The van der Waals surface area contributed by atoms with Gasteiger partial charge in [-0.15, -0.1) is 24.0 Å². The Hall–Kier alpha value is -1.22. The molecular weight excluding hydrogens is 419 g/mol. The van der Waals surface area contributed by atoms with E-state index >= 15 is 0 Å². The number of hydrogen-bond acceptors (Lipinski definition) is 6. The van der Waals surface area contributed by atoms with Crippen LogP contribution in [0.25, 0.3) is 0 Å². The maximum atomic E-state index is 5.42. The molecule has 0 fully saturated rings. The summed E-state index contributed by atoms with van der Waals surface area (Å²) in [7, 11) is 3.37. The van der Waals surface area contributed by atoms with E-state index in [-0.39, 0.29) is 24.0 Å². The van der Waals surface area contributed by atoms with Crippen LogP contribution in [0, 0.1) is 0 Å². The van der Waals surface area contributed by atoms with Gasteiger partial charge in [-0.1, -0.05) is 0 Å². The summed E-state index contributed by atoms with van der Waals surface area (Å²) in [5.74, 6) is 2.58. The number of methoxy groups -OCH3 is 2. The zero-order valence-corrected chi connectivity index (χ0v) is 16.8. The largest absolute Gasteiger partial charge is 0.493 e. The third-order valence-corrected chi connectivity index (χ3v) is 4.41. The minimum atomic E-state index is 0. The average molecular weight is 446 g/mol.